The molecule has 0 spiro atoms. The van der Waals surface area contributed by atoms with Crippen molar-refractivity contribution in [1.82, 2.24) is 10.2 Å². The van der Waals surface area contributed by atoms with Gasteiger partial charge in [-0.3, -0.25) is 9.69 Å². The summed E-state index contributed by atoms with van der Waals surface area (Å²) in [5, 5.41) is 3.16. The summed E-state index contributed by atoms with van der Waals surface area (Å²) in [4.78, 5) is 15.0. The van der Waals surface area contributed by atoms with Gasteiger partial charge in [0.25, 0.3) is 0 Å². The third kappa shape index (κ3) is 6.60. The Kier molecular flexibility index (Phi) is 10.8. The molecule has 1 saturated heterocycles. The summed E-state index contributed by atoms with van der Waals surface area (Å²) in [6, 6.07) is 8.42. The number of morpholine rings is 1. The van der Waals surface area contributed by atoms with E-state index >= 15 is 0 Å². The van der Waals surface area contributed by atoms with Gasteiger partial charge in [-0.25, -0.2) is 0 Å². The number of hydrogen-bond donors (Lipinski definition) is 2. The quantitative estimate of drug-likeness (QED) is 0.725. The fraction of sp³-hybridized carbons (Fsp3) is 0.667. The van der Waals surface area contributed by atoms with Crippen LogP contribution in [0.15, 0.2) is 24.3 Å². The monoisotopic (exact) mass is 431 g/mol. The Morgan fingerprint density at radius 2 is 1.79 bits per heavy atom. The van der Waals surface area contributed by atoms with Crippen LogP contribution in [-0.4, -0.2) is 42.6 Å². The van der Waals surface area contributed by atoms with Crippen LogP contribution >= 0.6 is 24.8 Å². The summed E-state index contributed by atoms with van der Waals surface area (Å²) in [7, 11) is 0. The minimum Gasteiger partial charge on any atom is -0.373 e. The molecule has 1 aromatic carbocycles. The van der Waals surface area contributed by atoms with Gasteiger partial charge in [0.05, 0.1) is 12.2 Å². The van der Waals surface area contributed by atoms with Crippen molar-refractivity contribution in [3.05, 3.63) is 35.4 Å². The molecule has 1 heterocycles. The fourth-order valence-corrected chi connectivity index (χ4v) is 4.52. The van der Waals surface area contributed by atoms with Crippen LogP contribution in [0.3, 0.4) is 0 Å². The van der Waals surface area contributed by atoms with E-state index in [9.17, 15) is 4.79 Å². The zero-order valence-electron chi connectivity index (χ0n) is 16.9. The van der Waals surface area contributed by atoms with Crippen molar-refractivity contribution in [2.75, 3.05) is 19.6 Å². The zero-order valence-corrected chi connectivity index (χ0v) is 18.6. The number of hydrogen-bond acceptors (Lipinski definition) is 4. The average Bonchev–Trinajstić information content (AvgIpc) is 3.08. The smallest absolute Gasteiger partial charge is 0.223 e. The van der Waals surface area contributed by atoms with Crippen molar-refractivity contribution in [3.8, 4) is 0 Å². The number of nitrogens with two attached hydrogens (primary N) is 1. The lowest BCUT2D eigenvalue weighted by Gasteiger charge is -2.35. The molecular formula is C21H35Cl2N3O2. The minimum atomic E-state index is 0. The molecule has 1 saturated carbocycles. The van der Waals surface area contributed by atoms with Crippen LogP contribution in [0.25, 0.3) is 0 Å². The van der Waals surface area contributed by atoms with Gasteiger partial charge in [-0.15, -0.1) is 24.8 Å². The molecule has 0 bridgehead atoms. The molecule has 160 valence electrons. The summed E-state index contributed by atoms with van der Waals surface area (Å²) in [6.07, 6.45) is 3.70. The van der Waals surface area contributed by atoms with Gasteiger partial charge in [0.1, 0.15) is 0 Å². The van der Waals surface area contributed by atoms with E-state index in [-0.39, 0.29) is 48.8 Å². The number of amides is 1. The number of halogens is 2. The van der Waals surface area contributed by atoms with Gasteiger partial charge in [-0.05, 0) is 50.3 Å². The van der Waals surface area contributed by atoms with E-state index in [0.717, 1.165) is 38.9 Å². The number of nitrogens with zero attached hydrogens (tertiary/aromatic N) is 1. The number of ether oxygens (including phenoxy) is 1. The summed E-state index contributed by atoms with van der Waals surface area (Å²) in [6.45, 7) is 8.27. The third-order valence-electron chi connectivity index (χ3n) is 5.76. The number of nitrogens with one attached hydrogen (secondary N) is 1. The van der Waals surface area contributed by atoms with Crippen molar-refractivity contribution < 1.29 is 9.53 Å². The van der Waals surface area contributed by atoms with E-state index in [1.165, 1.54) is 11.1 Å². The Labute approximate surface area is 181 Å². The lowest BCUT2D eigenvalue weighted by atomic mass is 9.95. The highest BCUT2D eigenvalue weighted by Gasteiger charge is 2.31. The average molecular weight is 432 g/mol. The molecule has 4 atom stereocenters. The highest BCUT2D eigenvalue weighted by atomic mass is 35.5. The summed E-state index contributed by atoms with van der Waals surface area (Å²) in [5.41, 5.74) is 8.32. The molecule has 3 rings (SSSR count). The van der Waals surface area contributed by atoms with E-state index in [1.54, 1.807) is 0 Å². The largest absolute Gasteiger partial charge is 0.373 e. The Balaban J connectivity index is 0.00000196. The van der Waals surface area contributed by atoms with E-state index in [4.69, 9.17) is 10.5 Å². The second-order valence-electron chi connectivity index (χ2n) is 7.97. The number of rotatable bonds is 6. The van der Waals surface area contributed by atoms with E-state index < -0.39 is 0 Å². The molecule has 1 aliphatic carbocycles. The molecule has 1 aromatic rings. The molecule has 2 aliphatic rings. The van der Waals surface area contributed by atoms with E-state index in [0.29, 0.717) is 19.0 Å². The predicted molar refractivity (Wildman–Crippen MR) is 118 cm³/mol. The molecule has 2 unspecified atom stereocenters. The van der Waals surface area contributed by atoms with Crippen LogP contribution in [0, 0.1) is 11.8 Å². The SMILES string of the molecule is CC1CN(Cc2ccccc2CNC(=O)[C@@H]2CCC[C@@H]2CN)CC(C)O1.Cl.Cl. The lowest BCUT2D eigenvalue weighted by molar-refractivity contribution is -0.126. The second kappa shape index (κ2) is 12.0. The number of carbonyl (C=O) groups is 1. The molecule has 2 fully saturated rings. The first-order valence-corrected chi connectivity index (χ1v) is 9.99. The molecule has 3 N–H and O–H groups in total. The maximum atomic E-state index is 12.6. The Bertz CT molecular complexity index is 607. The Hall–Kier alpha value is -0.850. The van der Waals surface area contributed by atoms with E-state index in [1.807, 2.05) is 6.07 Å². The molecule has 0 aromatic heterocycles. The molecular weight excluding hydrogens is 397 g/mol. The van der Waals surface area contributed by atoms with Crippen molar-refractivity contribution in [3.63, 3.8) is 0 Å². The van der Waals surface area contributed by atoms with Crippen LogP contribution in [-0.2, 0) is 22.6 Å². The third-order valence-corrected chi connectivity index (χ3v) is 5.76. The first kappa shape index (κ1) is 25.2. The van der Waals surface area contributed by atoms with Crippen LogP contribution < -0.4 is 11.1 Å². The highest BCUT2D eigenvalue weighted by molar-refractivity contribution is 5.85. The van der Waals surface area contributed by atoms with Gasteiger partial charge < -0.3 is 15.8 Å². The van der Waals surface area contributed by atoms with Crippen LogP contribution in [0.2, 0.25) is 0 Å². The maximum absolute atomic E-state index is 12.6. The molecule has 5 nitrogen and oxygen atoms in total. The molecule has 7 heteroatoms. The molecule has 28 heavy (non-hydrogen) atoms. The predicted octanol–water partition coefficient (Wildman–Crippen LogP) is 3.13. The first-order valence-electron chi connectivity index (χ1n) is 9.99. The van der Waals surface area contributed by atoms with E-state index in [2.05, 4.69) is 42.3 Å². The van der Waals surface area contributed by atoms with Crippen molar-refractivity contribution in [2.24, 2.45) is 17.6 Å². The van der Waals surface area contributed by atoms with Crippen LogP contribution in [0.4, 0.5) is 0 Å². The summed E-state index contributed by atoms with van der Waals surface area (Å²) in [5.74, 6) is 0.607. The topological polar surface area (TPSA) is 67.6 Å². The van der Waals surface area contributed by atoms with Gasteiger partial charge in [0.15, 0.2) is 0 Å². The Morgan fingerprint density at radius 3 is 2.43 bits per heavy atom. The van der Waals surface area contributed by atoms with Crippen LogP contribution in [0.5, 0.6) is 0 Å². The number of carbonyl (C=O) groups excluding carboxylic acids is 1. The van der Waals surface area contributed by atoms with Crippen molar-refractivity contribution in [2.45, 2.75) is 58.4 Å². The maximum Gasteiger partial charge on any atom is 0.223 e. The Morgan fingerprint density at radius 1 is 1.14 bits per heavy atom. The van der Waals surface area contributed by atoms with Gasteiger partial charge in [-0.1, -0.05) is 30.7 Å². The normalized spacial score (nSPS) is 27.5. The molecule has 0 radical (unpaired) electrons. The molecule has 1 aliphatic heterocycles. The fourth-order valence-electron chi connectivity index (χ4n) is 4.52. The van der Waals surface area contributed by atoms with Gasteiger partial charge in [-0.2, -0.15) is 0 Å². The van der Waals surface area contributed by atoms with Gasteiger partial charge in [0.2, 0.25) is 5.91 Å². The minimum absolute atomic E-state index is 0. The highest BCUT2D eigenvalue weighted by Crippen LogP contribution is 2.31. The van der Waals surface area contributed by atoms with Crippen molar-refractivity contribution in [1.29, 1.82) is 0 Å². The first-order chi connectivity index (χ1) is 12.6. The van der Waals surface area contributed by atoms with Gasteiger partial charge in [0, 0.05) is 32.1 Å². The molecule has 1 amide bonds. The zero-order chi connectivity index (χ0) is 18.5. The van der Waals surface area contributed by atoms with Gasteiger partial charge >= 0.3 is 0 Å². The standard InChI is InChI=1S/C21H33N3O2.2ClH/c1-15-12-24(13-16(2)26-15)14-19-7-4-3-6-18(19)11-23-21(25)20-9-5-8-17(20)10-22;;/h3-4,6-7,15-17,20H,5,8-14,22H2,1-2H3,(H,23,25);2*1H/t15?,16?,17-,20-;;/m1../s1. The lowest BCUT2D eigenvalue weighted by Crippen LogP contribution is -2.45. The van der Waals surface area contributed by atoms with Crippen molar-refractivity contribution >= 4 is 30.7 Å². The second-order valence-corrected chi connectivity index (χ2v) is 7.97. The number of benzene rings is 1. The summed E-state index contributed by atoms with van der Waals surface area (Å²) < 4.78 is 5.83. The summed E-state index contributed by atoms with van der Waals surface area (Å²) >= 11 is 0. The van der Waals surface area contributed by atoms with Crippen LogP contribution in [0.1, 0.15) is 44.2 Å².